The van der Waals surface area contributed by atoms with Crippen molar-refractivity contribution >= 4 is 23.4 Å². The van der Waals surface area contributed by atoms with Crippen LogP contribution in [-0.4, -0.2) is 25.0 Å². The van der Waals surface area contributed by atoms with Crippen LogP contribution in [0.15, 0.2) is 47.4 Å². The fraction of sp³-hybridized carbons (Fsp3) is 0.278. The fourth-order valence-corrected chi connectivity index (χ4v) is 2.88. The van der Waals surface area contributed by atoms with E-state index in [1.807, 2.05) is 55.6 Å². The number of carbonyl (C=O) groups is 1. The molecule has 1 aliphatic rings. The molecule has 0 aliphatic carbocycles. The third kappa shape index (κ3) is 3.94. The summed E-state index contributed by atoms with van der Waals surface area (Å²) in [6.07, 6.45) is 2.03. The minimum Gasteiger partial charge on any atom is -0.454 e. The van der Waals surface area contributed by atoms with Crippen molar-refractivity contribution in [2.45, 2.75) is 24.4 Å². The van der Waals surface area contributed by atoms with Crippen molar-refractivity contribution in [2.24, 2.45) is 0 Å². The number of hydrogen-bond acceptors (Lipinski definition) is 5. The number of amides is 1. The Morgan fingerprint density at radius 1 is 1.21 bits per heavy atom. The van der Waals surface area contributed by atoms with Crippen molar-refractivity contribution in [2.75, 3.05) is 18.4 Å². The molecule has 2 aromatic carbocycles. The maximum atomic E-state index is 12.3. The lowest BCUT2D eigenvalue weighted by molar-refractivity contribution is -0.121. The molecule has 1 heterocycles. The van der Waals surface area contributed by atoms with E-state index in [2.05, 4.69) is 10.6 Å². The van der Waals surface area contributed by atoms with Gasteiger partial charge in [0.25, 0.3) is 0 Å². The Labute approximate surface area is 145 Å². The van der Waals surface area contributed by atoms with Crippen molar-refractivity contribution in [1.82, 2.24) is 5.32 Å². The third-order valence-corrected chi connectivity index (χ3v) is 4.48. The van der Waals surface area contributed by atoms with Gasteiger partial charge in [0.2, 0.25) is 12.7 Å². The Bertz CT molecular complexity index is 736. The van der Waals surface area contributed by atoms with Gasteiger partial charge in [0.05, 0.1) is 0 Å². The van der Waals surface area contributed by atoms with Crippen LogP contribution in [0.25, 0.3) is 0 Å². The minimum absolute atomic E-state index is 0.0535. The van der Waals surface area contributed by atoms with Gasteiger partial charge in [-0.1, -0.05) is 12.1 Å². The van der Waals surface area contributed by atoms with E-state index in [0.29, 0.717) is 6.54 Å². The summed E-state index contributed by atoms with van der Waals surface area (Å²) < 4.78 is 10.6. The number of hydrogen-bond donors (Lipinski definition) is 2. The van der Waals surface area contributed by atoms with Gasteiger partial charge in [-0.2, -0.15) is 0 Å². The first-order valence-electron chi connectivity index (χ1n) is 7.72. The molecule has 0 bridgehead atoms. The molecule has 0 aromatic heterocycles. The van der Waals surface area contributed by atoms with Crippen LogP contribution in [0.4, 0.5) is 5.69 Å². The summed E-state index contributed by atoms with van der Waals surface area (Å²) in [6, 6.07) is 13.4. The van der Waals surface area contributed by atoms with Gasteiger partial charge < -0.3 is 20.1 Å². The standard InChI is InChI=1S/C18H20N2O3S/c1-12(20-14-4-3-5-15(9-14)24-2)18(21)19-10-13-6-7-16-17(8-13)23-11-22-16/h3-9,12,20H,10-11H2,1-2H3,(H,19,21)/t12-/m0/s1. The van der Waals surface area contributed by atoms with Gasteiger partial charge in [-0.05, 0) is 49.1 Å². The summed E-state index contributed by atoms with van der Waals surface area (Å²) in [6.45, 7) is 2.55. The molecule has 1 atom stereocenters. The maximum Gasteiger partial charge on any atom is 0.242 e. The number of benzene rings is 2. The molecule has 2 aromatic rings. The highest BCUT2D eigenvalue weighted by Crippen LogP contribution is 2.32. The van der Waals surface area contributed by atoms with E-state index in [-0.39, 0.29) is 18.7 Å². The minimum atomic E-state index is -0.323. The molecule has 0 fully saturated rings. The van der Waals surface area contributed by atoms with Crippen LogP contribution < -0.4 is 20.1 Å². The van der Waals surface area contributed by atoms with E-state index in [4.69, 9.17) is 9.47 Å². The molecular formula is C18H20N2O3S. The lowest BCUT2D eigenvalue weighted by atomic mass is 10.2. The van der Waals surface area contributed by atoms with Gasteiger partial charge in [0.1, 0.15) is 6.04 Å². The summed E-state index contributed by atoms with van der Waals surface area (Å²) in [7, 11) is 0. The number of fused-ring (bicyclic) bond motifs is 1. The van der Waals surface area contributed by atoms with Crippen LogP contribution in [-0.2, 0) is 11.3 Å². The van der Waals surface area contributed by atoms with Gasteiger partial charge in [0, 0.05) is 17.1 Å². The number of anilines is 1. The molecule has 6 heteroatoms. The fourth-order valence-electron chi connectivity index (χ4n) is 2.42. The number of rotatable bonds is 6. The van der Waals surface area contributed by atoms with Crippen molar-refractivity contribution in [3.05, 3.63) is 48.0 Å². The topological polar surface area (TPSA) is 59.6 Å². The average Bonchev–Trinajstić information content (AvgIpc) is 3.07. The van der Waals surface area contributed by atoms with Gasteiger partial charge in [-0.3, -0.25) is 4.79 Å². The Kier molecular flexibility index (Phi) is 5.15. The summed E-state index contributed by atoms with van der Waals surface area (Å²) in [5, 5.41) is 6.16. The van der Waals surface area contributed by atoms with Crippen LogP contribution in [0, 0.1) is 0 Å². The summed E-state index contributed by atoms with van der Waals surface area (Å²) >= 11 is 1.67. The third-order valence-electron chi connectivity index (χ3n) is 3.75. The highest BCUT2D eigenvalue weighted by molar-refractivity contribution is 7.98. The summed E-state index contributed by atoms with van der Waals surface area (Å²) in [5.74, 6) is 1.41. The highest BCUT2D eigenvalue weighted by Gasteiger charge is 2.15. The summed E-state index contributed by atoms with van der Waals surface area (Å²) in [4.78, 5) is 13.4. The first-order chi connectivity index (χ1) is 11.7. The predicted molar refractivity (Wildman–Crippen MR) is 95.7 cm³/mol. The van der Waals surface area contributed by atoms with Crippen LogP contribution in [0.3, 0.4) is 0 Å². The quantitative estimate of drug-likeness (QED) is 0.788. The first-order valence-corrected chi connectivity index (χ1v) is 8.95. The molecule has 0 radical (unpaired) electrons. The number of nitrogens with one attached hydrogen (secondary N) is 2. The summed E-state index contributed by atoms with van der Waals surface area (Å²) in [5.41, 5.74) is 1.91. The van der Waals surface area contributed by atoms with Gasteiger partial charge in [-0.25, -0.2) is 0 Å². The normalized spacial score (nSPS) is 13.4. The number of ether oxygens (including phenoxy) is 2. The van der Waals surface area contributed by atoms with Crippen LogP contribution in [0.1, 0.15) is 12.5 Å². The van der Waals surface area contributed by atoms with Crippen LogP contribution >= 0.6 is 11.8 Å². The first kappa shape index (κ1) is 16.5. The largest absolute Gasteiger partial charge is 0.454 e. The van der Waals surface area contributed by atoms with E-state index in [1.165, 1.54) is 0 Å². The van der Waals surface area contributed by atoms with E-state index in [0.717, 1.165) is 27.6 Å². The zero-order chi connectivity index (χ0) is 16.9. The molecule has 2 N–H and O–H groups in total. The van der Waals surface area contributed by atoms with E-state index in [9.17, 15) is 4.79 Å². The molecule has 5 nitrogen and oxygen atoms in total. The van der Waals surface area contributed by atoms with Crippen molar-refractivity contribution in [3.63, 3.8) is 0 Å². The van der Waals surface area contributed by atoms with E-state index in [1.54, 1.807) is 11.8 Å². The van der Waals surface area contributed by atoms with Crippen molar-refractivity contribution in [3.8, 4) is 11.5 Å². The smallest absolute Gasteiger partial charge is 0.242 e. The van der Waals surface area contributed by atoms with Crippen LogP contribution in [0.2, 0.25) is 0 Å². The molecule has 24 heavy (non-hydrogen) atoms. The Hall–Kier alpha value is -2.34. The molecule has 0 spiro atoms. The second-order valence-corrected chi connectivity index (χ2v) is 6.38. The van der Waals surface area contributed by atoms with Gasteiger partial charge in [0.15, 0.2) is 11.5 Å². The molecule has 126 valence electrons. The Balaban J connectivity index is 1.54. The predicted octanol–water partition coefficient (Wildman–Crippen LogP) is 3.25. The van der Waals surface area contributed by atoms with Crippen LogP contribution in [0.5, 0.6) is 11.5 Å². The SMILES string of the molecule is CSc1cccc(N[C@@H](C)C(=O)NCc2ccc3c(c2)OCO3)c1. The lowest BCUT2D eigenvalue weighted by Crippen LogP contribution is -2.37. The molecule has 1 amide bonds. The second-order valence-electron chi connectivity index (χ2n) is 5.50. The zero-order valence-electron chi connectivity index (χ0n) is 13.7. The maximum absolute atomic E-state index is 12.3. The molecule has 1 aliphatic heterocycles. The molecule has 0 saturated heterocycles. The average molecular weight is 344 g/mol. The van der Waals surface area contributed by atoms with Crippen molar-refractivity contribution < 1.29 is 14.3 Å². The van der Waals surface area contributed by atoms with E-state index >= 15 is 0 Å². The number of carbonyl (C=O) groups excluding carboxylic acids is 1. The Morgan fingerprint density at radius 2 is 2.04 bits per heavy atom. The molecule has 3 rings (SSSR count). The lowest BCUT2D eigenvalue weighted by Gasteiger charge is -2.16. The number of thioether (sulfide) groups is 1. The highest BCUT2D eigenvalue weighted by atomic mass is 32.2. The molecular weight excluding hydrogens is 324 g/mol. The van der Waals surface area contributed by atoms with E-state index < -0.39 is 0 Å². The Morgan fingerprint density at radius 3 is 2.88 bits per heavy atom. The second kappa shape index (κ2) is 7.49. The van der Waals surface area contributed by atoms with Crippen molar-refractivity contribution in [1.29, 1.82) is 0 Å². The molecule has 0 saturated carbocycles. The van der Waals surface area contributed by atoms with Gasteiger partial charge in [-0.15, -0.1) is 11.8 Å². The zero-order valence-corrected chi connectivity index (χ0v) is 14.5. The monoisotopic (exact) mass is 344 g/mol. The van der Waals surface area contributed by atoms with Gasteiger partial charge >= 0.3 is 0 Å². The molecule has 0 unspecified atom stereocenters.